The number of ether oxygens (including phenoxy) is 2. The maximum atomic E-state index is 13.2. The number of hydrogen-bond acceptors (Lipinski definition) is 5. The SMILES string of the molecule is CCCCOc1ccc(OC(=O)c2ccc(N3C(=O)[C@@H]4[C@H]5C=C[C@@H]([C@@H]6C[C@H]56)[C@H]4C3=O)cc2)cc1. The summed E-state index contributed by atoms with van der Waals surface area (Å²) in [6.45, 7) is 2.76. The van der Waals surface area contributed by atoms with Crippen molar-refractivity contribution in [2.45, 2.75) is 26.2 Å². The molecule has 0 spiro atoms. The van der Waals surface area contributed by atoms with Crippen LogP contribution in [0.4, 0.5) is 5.69 Å². The second-order valence-electron chi connectivity index (χ2n) is 9.78. The smallest absolute Gasteiger partial charge is 0.343 e. The van der Waals surface area contributed by atoms with Gasteiger partial charge in [0.1, 0.15) is 11.5 Å². The van der Waals surface area contributed by atoms with Crippen molar-refractivity contribution in [2.24, 2.45) is 35.5 Å². The molecule has 6 heteroatoms. The van der Waals surface area contributed by atoms with E-state index in [9.17, 15) is 14.4 Å². The summed E-state index contributed by atoms with van der Waals surface area (Å²) in [5, 5.41) is 0. The van der Waals surface area contributed by atoms with Crippen LogP contribution in [0.3, 0.4) is 0 Å². The Kier molecular flexibility index (Phi) is 5.05. The van der Waals surface area contributed by atoms with Crippen molar-refractivity contribution in [3.63, 3.8) is 0 Å². The fourth-order valence-electron chi connectivity index (χ4n) is 6.06. The van der Waals surface area contributed by atoms with Gasteiger partial charge in [-0.15, -0.1) is 0 Å². The molecule has 34 heavy (non-hydrogen) atoms. The fourth-order valence-corrected chi connectivity index (χ4v) is 6.06. The Labute approximate surface area is 198 Å². The molecule has 0 N–H and O–H groups in total. The first-order chi connectivity index (χ1) is 16.6. The normalized spacial score (nSPS) is 30.2. The van der Waals surface area contributed by atoms with Crippen LogP contribution in [-0.4, -0.2) is 24.4 Å². The Bertz CT molecular complexity index is 1130. The summed E-state index contributed by atoms with van der Waals surface area (Å²) in [6, 6.07) is 13.5. The number of anilines is 1. The van der Waals surface area contributed by atoms with E-state index in [4.69, 9.17) is 9.47 Å². The highest BCUT2D eigenvalue weighted by molar-refractivity contribution is 6.22. The van der Waals surface area contributed by atoms with Crippen molar-refractivity contribution in [1.29, 1.82) is 0 Å². The van der Waals surface area contributed by atoms with Gasteiger partial charge in [-0.2, -0.15) is 0 Å². The number of benzene rings is 2. The van der Waals surface area contributed by atoms with Crippen molar-refractivity contribution in [3.8, 4) is 11.5 Å². The van der Waals surface area contributed by atoms with Gasteiger partial charge in [0.15, 0.2) is 0 Å². The first-order valence-electron chi connectivity index (χ1n) is 12.2. The third kappa shape index (κ3) is 3.35. The molecule has 6 nitrogen and oxygen atoms in total. The summed E-state index contributed by atoms with van der Waals surface area (Å²) in [7, 11) is 0. The van der Waals surface area contributed by atoms with Gasteiger partial charge in [0, 0.05) is 0 Å². The molecule has 0 aromatic heterocycles. The number of carbonyl (C=O) groups is 3. The lowest BCUT2D eigenvalue weighted by Crippen LogP contribution is -2.40. The Morgan fingerprint density at radius 1 is 0.882 bits per heavy atom. The van der Waals surface area contributed by atoms with E-state index in [2.05, 4.69) is 19.1 Å². The number of carbonyl (C=O) groups excluding carboxylic acids is 3. The van der Waals surface area contributed by atoms with Gasteiger partial charge < -0.3 is 9.47 Å². The minimum absolute atomic E-state index is 0.101. The molecule has 5 aliphatic rings. The maximum Gasteiger partial charge on any atom is 0.343 e. The molecule has 2 aromatic rings. The van der Waals surface area contributed by atoms with Crippen molar-refractivity contribution >= 4 is 23.5 Å². The van der Waals surface area contributed by atoms with Crippen molar-refractivity contribution < 1.29 is 23.9 Å². The lowest BCUT2D eigenvalue weighted by atomic mass is 9.63. The van der Waals surface area contributed by atoms with E-state index < -0.39 is 5.97 Å². The lowest BCUT2D eigenvalue weighted by Gasteiger charge is -2.37. The predicted octanol–water partition coefficient (Wildman–Crippen LogP) is 4.64. The molecule has 6 atom stereocenters. The number of esters is 1. The number of unbranched alkanes of at least 4 members (excludes halogenated alkanes) is 1. The number of rotatable bonds is 7. The molecule has 2 aromatic carbocycles. The molecule has 3 fully saturated rings. The van der Waals surface area contributed by atoms with E-state index in [-0.39, 0.29) is 35.5 Å². The molecule has 0 radical (unpaired) electrons. The Balaban J connectivity index is 1.13. The maximum absolute atomic E-state index is 13.2. The number of allylic oxidation sites excluding steroid dienone is 2. The highest BCUT2D eigenvalue weighted by atomic mass is 16.5. The second-order valence-corrected chi connectivity index (χ2v) is 9.78. The minimum atomic E-state index is -0.499. The van der Waals surface area contributed by atoms with Crippen LogP contribution in [0.5, 0.6) is 11.5 Å². The van der Waals surface area contributed by atoms with Crippen LogP contribution in [0, 0.1) is 35.5 Å². The third-order valence-corrected chi connectivity index (χ3v) is 7.82. The van der Waals surface area contributed by atoms with Gasteiger partial charge in [0.2, 0.25) is 11.8 Å². The number of hydrogen-bond donors (Lipinski definition) is 0. The molecule has 4 aliphatic carbocycles. The molecule has 2 bridgehead atoms. The predicted molar refractivity (Wildman–Crippen MR) is 125 cm³/mol. The van der Waals surface area contributed by atoms with E-state index in [1.165, 1.54) is 4.90 Å². The van der Waals surface area contributed by atoms with E-state index in [1.807, 2.05) is 0 Å². The average Bonchev–Trinajstić information content (AvgIpc) is 3.64. The highest BCUT2D eigenvalue weighted by Crippen LogP contribution is 2.65. The molecule has 1 heterocycles. The highest BCUT2D eigenvalue weighted by Gasteiger charge is 2.67. The van der Waals surface area contributed by atoms with Crippen LogP contribution >= 0.6 is 0 Å². The fraction of sp³-hybridized carbons (Fsp3) is 0.393. The van der Waals surface area contributed by atoms with Gasteiger partial charge in [0.25, 0.3) is 0 Å². The number of imide groups is 1. The molecule has 1 aliphatic heterocycles. The molecule has 0 unspecified atom stereocenters. The van der Waals surface area contributed by atoms with Crippen LogP contribution in [-0.2, 0) is 9.59 Å². The zero-order valence-corrected chi connectivity index (χ0v) is 19.1. The molecular weight excluding hydrogens is 430 g/mol. The molecule has 1 saturated heterocycles. The van der Waals surface area contributed by atoms with Crippen LogP contribution in [0.15, 0.2) is 60.7 Å². The summed E-state index contributed by atoms with van der Waals surface area (Å²) in [5.74, 6) is 1.53. The molecule has 7 rings (SSSR count). The monoisotopic (exact) mass is 457 g/mol. The first kappa shape index (κ1) is 21.1. The van der Waals surface area contributed by atoms with Crippen molar-refractivity contribution in [1.82, 2.24) is 0 Å². The van der Waals surface area contributed by atoms with Crippen molar-refractivity contribution in [2.75, 3.05) is 11.5 Å². The standard InChI is InChI=1S/C28H27NO5/c1-2-3-14-33-18-8-10-19(11-9-18)34-28(32)16-4-6-17(7-5-16)29-26(30)24-20-12-13-21(23-15-22(20)23)25(24)27(29)31/h4-13,20-25H,2-3,14-15H2,1H3/t20-,21-,22-,23+,24+,25+/m0/s1. The van der Waals surface area contributed by atoms with Crippen LogP contribution < -0.4 is 14.4 Å². The Morgan fingerprint density at radius 3 is 2.06 bits per heavy atom. The lowest BCUT2D eigenvalue weighted by molar-refractivity contribution is -0.124. The zero-order valence-electron chi connectivity index (χ0n) is 19.1. The zero-order chi connectivity index (χ0) is 23.4. The van der Waals surface area contributed by atoms with E-state index in [0.29, 0.717) is 35.4 Å². The number of nitrogens with zero attached hydrogens (tertiary/aromatic N) is 1. The second kappa shape index (κ2) is 8.12. The van der Waals surface area contributed by atoms with Crippen molar-refractivity contribution in [3.05, 3.63) is 66.2 Å². The molecule has 2 amide bonds. The third-order valence-electron chi connectivity index (χ3n) is 7.82. The van der Waals surface area contributed by atoms with Gasteiger partial charge in [-0.3, -0.25) is 14.5 Å². The minimum Gasteiger partial charge on any atom is -0.494 e. The van der Waals surface area contributed by atoms with Crippen LogP contribution in [0.2, 0.25) is 0 Å². The average molecular weight is 458 g/mol. The van der Waals surface area contributed by atoms with Gasteiger partial charge >= 0.3 is 5.97 Å². The van der Waals surface area contributed by atoms with Crippen LogP contribution in [0.1, 0.15) is 36.5 Å². The summed E-state index contributed by atoms with van der Waals surface area (Å²) in [5.41, 5.74) is 0.870. The summed E-state index contributed by atoms with van der Waals surface area (Å²) >= 11 is 0. The van der Waals surface area contributed by atoms with E-state index in [1.54, 1.807) is 48.5 Å². The first-order valence-corrected chi connectivity index (χ1v) is 12.2. The largest absolute Gasteiger partial charge is 0.494 e. The number of amides is 2. The Hall–Kier alpha value is -3.41. The van der Waals surface area contributed by atoms with Gasteiger partial charge in [-0.1, -0.05) is 25.5 Å². The van der Waals surface area contributed by atoms with Gasteiger partial charge in [0.05, 0.1) is 29.7 Å². The van der Waals surface area contributed by atoms with E-state index >= 15 is 0 Å². The topological polar surface area (TPSA) is 72.9 Å². The van der Waals surface area contributed by atoms with Crippen LogP contribution in [0.25, 0.3) is 0 Å². The summed E-state index contributed by atoms with van der Waals surface area (Å²) in [4.78, 5) is 40.4. The van der Waals surface area contributed by atoms with E-state index in [0.717, 1.165) is 25.0 Å². The quantitative estimate of drug-likeness (QED) is 0.199. The van der Waals surface area contributed by atoms with Gasteiger partial charge in [-0.05, 0) is 85.0 Å². The summed E-state index contributed by atoms with van der Waals surface area (Å²) in [6.07, 6.45) is 7.52. The molecule has 2 saturated carbocycles. The molecular formula is C28H27NO5. The van der Waals surface area contributed by atoms with Gasteiger partial charge in [-0.25, -0.2) is 4.79 Å². The molecule has 174 valence electrons. The summed E-state index contributed by atoms with van der Waals surface area (Å²) < 4.78 is 11.1. The Morgan fingerprint density at radius 2 is 1.47 bits per heavy atom.